The van der Waals surface area contributed by atoms with Gasteiger partial charge in [-0.05, 0) is 49.8 Å². The lowest BCUT2D eigenvalue weighted by molar-refractivity contribution is -0.137. The first-order valence-electron chi connectivity index (χ1n) is 8.01. The van der Waals surface area contributed by atoms with E-state index in [1.165, 1.54) is 12.1 Å². The number of aliphatic hydroxyl groups is 1. The van der Waals surface area contributed by atoms with Crippen molar-refractivity contribution in [2.45, 2.75) is 44.5 Å². The molecule has 0 bridgehead atoms. The summed E-state index contributed by atoms with van der Waals surface area (Å²) in [6.45, 7) is 4.09. The molecule has 1 heterocycles. The van der Waals surface area contributed by atoms with Crippen LogP contribution >= 0.6 is 0 Å². The molecule has 1 fully saturated rings. The molecule has 2 atom stereocenters. The molecular weight excluding hydrogens is 307 g/mol. The van der Waals surface area contributed by atoms with Crippen LogP contribution in [0.4, 0.5) is 13.2 Å². The van der Waals surface area contributed by atoms with E-state index < -0.39 is 17.8 Å². The number of nitrogens with one attached hydrogen (secondary N) is 1. The van der Waals surface area contributed by atoms with Crippen molar-refractivity contribution in [2.75, 3.05) is 19.8 Å². The molecule has 1 saturated heterocycles. The molecule has 1 aliphatic heterocycles. The fraction of sp³-hybridized carbons (Fsp3) is 0.647. The molecule has 23 heavy (non-hydrogen) atoms. The summed E-state index contributed by atoms with van der Waals surface area (Å²) in [5.74, 6) is 0.544. The lowest BCUT2D eigenvalue weighted by atomic mass is 9.93. The summed E-state index contributed by atoms with van der Waals surface area (Å²) in [5.41, 5.74) is 0.0352. The van der Waals surface area contributed by atoms with E-state index in [-0.39, 0.29) is 0 Å². The smallest absolute Gasteiger partial charge is 0.391 e. The summed E-state index contributed by atoms with van der Waals surface area (Å²) in [7, 11) is 0. The molecule has 1 aliphatic rings. The lowest BCUT2D eigenvalue weighted by Gasteiger charge is -2.29. The molecule has 0 saturated carbocycles. The fourth-order valence-electron chi connectivity index (χ4n) is 2.88. The molecule has 1 aromatic carbocycles. The number of ether oxygens (including phenoxy) is 1. The summed E-state index contributed by atoms with van der Waals surface area (Å²) in [4.78, 5) is 0. The molecule has 0 radical (unpaired) electrons. The highest BCUT2D eigenvalue weighted by Crippen LogP contribution is 2.29. The average molecular weight is 331 g/mol. The fourth-order valence-corrected chi connectivity index (χ4v) is 2.88. The maximum atomic E-state index is 12.5. The van der Waals surface area contributed by atoms with Gasteiger partial charge in [0.2, 0.25) is 0 Å². The third-order valence-corrected chi connectivity index (χ3v) is 4.40. The zero-order chi connectivity index (χ0) is 16.9. The highest BCUT2D eigenvalue weighted by molar-refractivity contribution is 5.25. The van der Waals surface area contributed by atoms with Gasteiger partial charge in [-0.3, -0.25) is 0 Å². The van der Waals surface area contributed by atoms with E-state index in [2.05, 4.69) is 12.2 Å². The Morgan fingerprint density at radius 3 is 2.39 bits per heavy atom. The lowest BCUT2D eigenvalue weighted by Crippen LogP contribution is -2.41. The number of benzene rings is 1. The summed E-state index contributed by atoms with van der Waals surface area (Å²) in [6, 6.07) is 5.25. The zero-order valence-corrected chi connectivity index (χ0v) is 13.3. The van der Waals surface area contributed by atoms with Crippen molar-refractivity contribution in [3.05, 3.63) is 35.4 Å². The Hall–Kier alpha value is -1.11. The Morgan fingerprint density at radius 1 is 1.22 bits per heavy atom. The van der Waals surface area contributed by atoms with Gasteiger partial charge < -0.3 is 15.2 Å². The zero-order valence-electron chi connectivity index (χ0n) is 13.3. The second-order valence-corrected chi connectivity index (χ2v) is 6.20. The first-order valence-corrected chi connectivity index (χ1v) is 8.01. The minimum Gasteiger partial charge on any atom is -0.391 e. The Bertz CT molecular complexity index is 470. The molecular formula is C17H24F3NO2. The highest BCUT2D eigenvalue weighted by atomic mass is 19.4. The van der Waals surface area contributed by atoms with Gasteiger partial charge in [0.1, 0.15) is 0 Å². The van der Waals surface area contributed by atoms with Gasteiger partial charge in [-0.15, -0.1) is 0 Å². The molecule has 2 N–H and O–H groups in total. The Kier molecular flexibility index (Phi) is 6.44. The second-order valence-electron chi connectivity index (χ2n) is 6.20. The Labute approximate surface area is 134 Å². The van der Waals surface area contributed by atoms with E-state index in [0.29, 0.717) is 30.5 Å². The quantitative estimate of drug-likeness (QED) is 0.842. The minimum atomic E-state index is -4.32. The van der Waals surface area contributed by atoms with Crippen molar-refractivity contribution in [2.24, 2.45) is 5.92 Å². The van der Waals surface area contributed by atoms with E-state index in [4.69, 9.17) is 4.74 Å². The number of halogens is 3. The van der Waals surface area contributed by atoms with Crippen LogP contribution in [0.5, 0.6) is 0 Å². The average Bonchev–Trinajstić information content (AvgIpc) is 2.53. The van der Waals surface area contributed by atoms with Crippen LogP contribution in [0.15, 0.2) is 24.3 Å². The summed E-state index contributed by atoms with van der Waals surface area (Å²) >= 11 is 0. The number of hydrogen-bond acceptors (Lipinski definition) is 3. The van der Waals surface area contributed by atoms with Crippen molar-refractivity contribution >= 4 is 0 Å². The summed E-state index contributed by atoms with van der Waals surface area (Å²) < 4.78 is 42.8. The van der Waals surface area contributed by atoms with Gasteiger partial charge in [0, 0.05) is 25.8 Å². The van der Waals surface area contributed by atoms with Gasteiger partial charge in [0.25, 0.3) is 0 Å². The summed E-state index contributed by atoms with van der Waals surface area (Å²) in [6.07, 6.45) is -2.57. The normalized spacial score (nSPS) is 19.5. The third-order valence-electron chi connectivity index (χ3n) is 4.40. The number of hydrogen-bond donors (Lipinski definition) is 2. The minimum absolute atomic E-state index is 0.293. The van der Waals surface area contributed by atoms with Crippen molar-refractivity contribution in [1.82, 2.24) is 5.32 Å². The largest absolute Gasteiger partial charge is 0.416 e. The van der Waals surface area contributed by atoms with Crippen LogP contribution < -0.4 is 5.32 Å². The monoisotopic (exact) mass is 331 g/mol. The predicted molar refractivity (Wildman–Crippen MR) is 82.2 cm³/mol. The number of aliphatic hydroxyl groups excluding tert-OH is 1. The molecule has 0 aromatic heterocycles. The first-order chi connectivity index (χ1) is 10.9. The number of alkyl halides is 3. The van der Waals surface area contributed by atoms with Crippen molar-refractivity contribution in [3.8, 4) is 0 Å². The van der Waals surface area contributed by atoms with Crippen LogP contribution in [0, 0.1) is 5.92 Å². The molecule has 6 heteroatoms. The molecule has 0 spiro atoms. The van der Waals surface area contributed by atoms with E-state index in [1.807, 2.05) is 0 Å². The molecule has 0 aliphatic carbocycles. The van der Waals surface area contributed by atoms with E-state index >= 15 is 0 Å². The predicted octanol–water partition coefficient (Wildman–Crippen LogP) is 3.01. The Balaban J connectivity index is 1.76. The van der Waals surface area contributed by atoms with Crippen LogP contribution in [0.1, 0.15) is 30.9 Å². The number of rotatable bonds is 6. The van der Waals surface area contributed by atoms with Crippen molar-refractivity contribution in [1.29, 1.82) is 0 Å². The van der Waals surface area contributed by atoms with Gasteiger partial charge in [0.05, 0.1) is 11.7 Å². The van der Waals surface area contributed by atoms with Crippen LogP contribution in [0.25, 0.3) is 0 Å². The topological polar surface area (TPSA) is 41.5 Å². The molecule has 2 unspecified atom stereocenters. The van der Waals surface area contributed by atoms with Gasteiger partial charge in [-0.25, -0.2) is 0 Å². The molecule has 2 rings (SSSR count). The van der Waals surface area contributed by atoms with Crippen molar-refractivity contribution in [3.63, 3.8) is 0 Å². The third kappa shape index (κ3) is 5.79. The molecule has 3 nitrogen and oxygen atoms in total. The van der Waals surface area contributed by atoms with E-state index in [1.54, 1.807) is 0 Å². The van der Waals surface area contributed by atoms with Crippen LogP contribution in [-0.4, -0.2) is 37.0 Å². The van der Waals surface area contributed by atoms with Gasteiger partial charge in [-0.2, -0.15) is 13.2 Å². The Morgan fingerprint density at radius 2 is 1.83 bits per heavy atom. The van der Waals surface area contributed by atoms with E-state index in [9.17, 15) is 18.3 Å². The maximum Gasteiger partial charge on any atom is 0.416 e. The van der Waals surface area contributed by atoms with Gasteiger partial charge >= 0.3 is 6.18 Å². The van der Waals surface area contributed by atoms with Crippen LogP contribution in [-0.2, 0) is 17.3 Å². The first kappa shape index (κ1) is 18.2. The molecule has 0 amide bonds. The molecule has 1 aromatic rings. The van der Waals surface area contributed by atoms with Gasteiger partial charge in [-0.1, -0.05) is 12.1 Å². The van der Waals surface area contributed by atoms with Crippen LogP contribution in [0.2, 0.25) is 0 Å². The SMILES string of the molecule is CC(NCC(O)Cc1ccc(C(F)(F)F)cc1)C1CCOCC1. The van der Waals surface area contributed by atoms with Crippen LogP contribution in [0.3, 0.4) is 0 Å². The maximum absolute atomic E-state index is 12.5. The summed E-state index contributed by atoms with van der Waals surface area (Å²) in [5, 5.41) is 13.4. The second kappa shape index (κ2) is 8.13. The standard InChI is InChI=1S/C17H24F3NO2/c1-12(14-6-8-23-9-7-14)21-11-16(22)10-13-2-4-15(5-3-13)17(18,19)20/h2-5,12,14,16,21-22H,6-11H2,1H3. The molecule has 130 valence electrons. The van der Waals surface area contributed by atoms with Crippen molar-refractivity contribution < 1.29 is 23.0 Å². The van der Waals surface area contributed by atoms with Gasteiger partial charge in [0.15, 0.2) is 0 Å². The van der Waals surface area contributed by atoms with E-state index in [0.717, 1.165) is 38.2 Å². The highest BCUT2D eigenvalue weighted by Gasteiger charge is 2.30.